The summed E-state index contributed by atoms with van der Waals surface area (Å²) in [5, 5.41) is 37.7. The Kier molecular flexibility index (Phi) is 5.84. The molecule has 0 aromatic carbocycles. The maximum Gasteiger partial charge on any atom is 0.198 e. The van der Waals surface area contributed by atoms with Crippen molar-refractivity contribution in [2.45, 2.75) is 36.9 Å². The highest BCUT2D eigenvalue weighted by atomic mass is 33.1. The Morgan fingerprint density at radius 2 is 1.67 bits per heavy atom. The molecule has 1 rings (SSSR count). The third kappa shape index (κ3) is 4.34. The first-order valence-electron chi connectivity index (χ1n) is 5.41. The highest BCUT2D eigenvalue weighted by Crippen LogP contribution is 2.25. The zero-order valence-corrected chi connectivity index (χ0v) is 11.5. The van der Waals surface area contributed by atoms with Gasteiger partial charge in [-0.1, -0.05) is 0 Å². The van der Waals surface area contributed by atoms with E-state index < -0.39 is 46.0 Å². The summed E-state index contributed by atoms with van der Waals surface area (Å²) in [6.07, 6.45) is -4.59. The van der Waals surface area contributed by atoms with E-state index in [0.717, 1.165) is 6.26 Å². The molecular formula is C9H18O7S2. The van der Waals surface area contributed by atoms with E-state index in [-0.39, 0.29) is 12.2 Å². The molecule has 0 aliphatic carbocycles. The number of aliphatic hydroxyl groups excluding tert-OH is 4. The zero-order chi connectivity index (χ0) is 13.9. The summed E-state index contributed by atoms with van der Waals surface area (Å²) >= 11 is 0. The third-order valence-corrected chi connectivity index (χ3v) is 5.31. The van der Waals surface area contributed by atoms with E-state index in [9.17, 15) is 23.7 Å². The van der Waals surface area contributed by atoms with Crippen LogP contribution in [0.4, 0.5) is 0 Å². The van der Waals surface area contributed by atoms with Gasteiger partial charge in [-0.05, 0) is 17.2 Å². The highest BCUT2D eigenvalue weighted by Gasteiger charge is 2.42. The van der Waals surface area contributed by atoms with Gasteiger partial charge in [-0.15, -0.1) is 0 Å². The van der Waals surface area contributed by atoms with Gasteiger partial charge in [0, 0.05) is 12.0 Å². The Labute approximate surface area is 109 Å². The molecule has 0 radical (unpaired) electrons. The molecule has 1 aliphatic rings. The predicted octanol–water partition coefficient (Wildman–Crippen LogP) is -2.09. The molecule has 7 nitrogen and oxygen atoms in total. The third-order valence-electron chi connectivity index (χ3n) is 2.69. The van der Waals surface area contributed by atoms with Crippen molar-refractivity contribution < 1.29 is 33.6 Å². The molecule has 0 aromatic heterocycles. The van der Waals surface area contributed by atoms with E-state index in [0.29, 0.717) is 10.8 Å². The molecule has 5 atom stereocenters. The SMILES string of the molecule is CS(=O)(=O)SCCC1O[C@H](CO)[C@@H](O)[C@H](O)[C@@H]1O. The molecular weight excluding hydrogens is 284 g/mol. The quantitative estimate of drug-likeness (QED) is 0.426. The largest absolute Gasteiger partial charge is 0.394 e. The maximum absolute atomic E-state index is 10.9. The summed E-state index contributed by atoms with van der Waals surface area (Å²) in [5.74, 6) is 0.196. The van der Waals surface area contributed by atoms with Crippen molar-refractivity contribution in [2.24, 2.45) is 0 Å². The van der Waals surface area contributed by atoms with Gasteiger partial charge in [0.05, 0.1) is 12.7 Å². The summed E-state index contributed by atoms with van der Waals surface area (Å²) in [6, 6.07) is 0. The molecule has 18 heavy (non-hydrogen) atoms. The van der Waals surface area contributed by atoms with Crippen LogP contribution in [0.1, 0.15) is 6.42 Å². The van der Waals surface area contributed by atoms with Crippen LogP contribution in [0, 0.1) is 0 Å². The minimum Gasteiger partial charge on any atom is -0.394 e. The van der Waals surface area contributed by atoms with E-state index >= 15 is 0 Å². The van der Waals surface area contributed by atoms with E-state index in [2.05, 4.69) is 0 Å². The van der Waals surface area contributed by atoms with Gasteiger partial charge in [0.15, 0.2) is 8.87 Å². The van der Waals surface area contributed by atoms with Crippen LogP contribution in [0.25, 0.3) is 0 Å². The molecule has 1 saturated heterocycles. The Balaban J connectivity index is 2.54. The van der Waals surface area contributed by atoms with Crippen LogP contribution in [0.15, 0.2) is 0 Å². The lowest BCUT2D eigenvalue weighted by Gasteiger charge is -2.40. The van der Waals surface area contributed by atoms with E-state index in [1.54, 1.807) is 0 Å². The van der Waals surface area contributed by atoms with Crippen LogP contribution in [0.3, 0.4) is 0 Å². The lowest BCUT2D eigenvalue weighted by molar-refractivity contribution is -0.229. The van der Waals surface area contributed by atoms with Gasteiger partial charge >= 0.3 is 0 Å². The van der Waals surface area contributed by atoms with Gasteiger partial charge in [0.2, 0.25) is 0 Å². The number of hydrogen-bond donors (Lipinski definition) is 4. The van der Waals surface area contributed by atoms with Gasteiger partial charge < -0.3 is 25.2 Å². The normalized spacial score (nSPS) is 37.7. The first-order valence-corrected chi connectivity index (χ1v) is 8.80. The Morgan fingerprint density at radius 1 is 1.11 bits per heavy atom. The van der Waals surface area contributed by atoms with Crippen LogP contribution in [-0.4, -0.2) is 78.0 Å². The van der Waals surface area contributed by atoms with Crippen molar-refractivity contribution in [1.29, 1.82) is 0 Å². The van der Waals surface area contributed by atoms with Gasteiger partial charge in [0.1, 0.15) is 24.4 Å². The number of rotatable bonds is 5. The summed E-state index contributed by atoms with van der Waals surface area (Å²) in [6.45, 7) is -0.485. The van der Waals surface area contributed by atoms with Crippen LogP contribution in [0.5, 0.6) is 0 Å². The molecule has 1 unspecified atom stereocenters. The fourth-order valence-corrected chi connectivity index (χ4v) is 3.56. The smallest absolute Gasteiger partial charge is 0.198 e. The summed E-state index contributed by atoms with van der Waals surface area (Å²) in [4.78, 5) is 0. The lowest BCUT2D eigenvalue weighted by Crippen LogP contribution is -2.58. The molecule has 1 fully saturated rings. The van der Waals surface area contributed by atoms with Crippen molar-refractivity contribution in [3.8, 4) is 0 Å². The average molecular weight is 302 g/mol. The van der Waals surface area contributed by atoms with Crippen molar-refractivity contribution >= 4 is 19.7 Å². The first kappa shape index (κ1) is 16.2. The van der Waals surface area contributed by atoms with Gasteiger partial charge in [-0.3, -0.25) is 0 Å². The molecule has 108 valence electrons. The second kappa shape index (κ2) is 6.51. The fourth-order valence-electron chi connectivity index (χ4n) is 1.73. The van der Waals surface area contributed by atoms with Crippen LogP contribution >= 0.6 is 10.8 Å². The summed E-state index contributed by atoms with van der Waals surface area (Å²) < 4.78 is 27.1. The number of hydrogen-bond acceptors (Lipinski definition) is 8. The number of ether oxygens (including phenoxy) is 1. The highest BCUT2D eigenvalue weighted by molar-refractivity contribution is 8.71. The molecule has 0 saturated carbocycles. The van der Waals surface area contributed by atoms with E-state index in [1.807, 2.05) is 0 Å². The van der Waals surface area contributed by atoms with Crippen molar-refractivity contribution in [3.63, 3.8) is 0 Å². The Bertz CT molecular complexity index is 356. The second-order valence-corrected chi connectivity index (χ2v) is 8.76. The molecule has 0 spiro atoms. The summed E-state index contributed by atoms with van der Waals surface area (Å²) in [5.41, 5.74) is 0. The predicted molar refractivity (Wildman–Crippen MR) is 65.7 cm³/mol. The number of aliphatic hydroxyl groups is 4. The minimum absolute atomic E-state index is 0.194. The van der Waals surface area contributed by atoms with Crippen molar-refractivity contribution in [2.75, 3.05) is 18.6 Å². The lowest BCUT2D eigenvalue weighted by atomic mass is 9.94. The Hall–Kier alpha value is 0.1000. The average Bonchev–Trinajstić information content (AvgIpc) is 2.27. The van der Waals surface area contributed by atoms with Crippen LogP contribution in [-0.2, 0) is 13.6 Å². The molecule has 9 heteroatoms. The maximum atomic E-state index is 10.9. The molecule has 1 heterocycles. The monoisotopic (exact) mass is 302 g/mol. The van der Waals surface area contributed by atoms with E-state index in [1.165, 1.54) is 0 Å². The standard InChI is InChI=1S/C9H18O7S2/c1-18(14,15)17-3-2-5-7(11)9(13)8(12)6(4-10)16-5/h5-13H,2-4H2,1H3/t5?,6-,7-,8-,9-/m1/s1. The first-order chi connectivity index (χ1) is 8.26. The van der Waals surface area contributed by atoms with Crippen LogP contribution < -0.4 is 0 Å². The van der Waals surface area contributed by atoms with Crippen molar-refractivity contribution in [3.05, 3.63) is 0 Å². The van der Waals surface area contributed by atoms with Gasteiger partial charge in [-0.2, -0.15) is 0 Å². The van der Waals surface area contributed by atoms with Crippen LogP contribution in [0.2, 0.25) is 0 Å². The molecule has 1 aliphatic heterocycles. The topological polar surface area (TPSA) is 124 Å². The molecule has 0 aromatic rings. The van der Waals surface area contributed by atoms with Gasteiger partial charge in [0.25, 0.3) is 0 Å². The minimum atomic E-state index is -3.17. The van der Waals surface area contributed by atoms with Crippen molar-refractivity contribution in [1.82, 2.24) is 0 Å². The molecule has 0 bridgehead atoms. The Morgan fingerprint density at radius 3 is 2.17 bits per heavy atom. The zero-order valence-electron chi connectivity index (χ0n) is 9.84. The fraction of sp³-hybridized carbons (Fsp3) is 1.00. The second-order valence-electron chi connectivity index (χ2n) is 4.18. The van der Waals surface area contributed by atoms with E-state index in [4.69, 9.17) is 9.84 Å². The summed E-state index contributed by atoms with van der Waals surface area (Å²) in [7, 11) is -2.45. The van der Waals surface area contributed by atoms with Gasteiger partial charge in [-0.25, -0.2) is 8.42 Å². The molecule has 0 amide bonds. The molecule has 4 N–H and O–H groups in total.